The fourth-order valence-electron chi connectivity index (χ4n) is 1.87. The minimum Gasteiger partial charge on any atom is -0.300 e. The normalized spacial score (nSPS) is 25.7. The van der Waals surface area contributed by atoms with Crippen LogP contribution in [0.4, 0.5) is 0 Å². The summed E-state index contributed by atoms with van der Waals surface area (Å²) in [6, 6.07) is 0. The molecular formula is C11H18O2. The third-order valence-corrected chi connectivity index (χ3v) is 2.98. The smallest absolute Gasteiger partial charge is 0.139 e. The summed E-state index contributed by atoms with van der Waals surface area (Å²) in [5.74, 6) is 0.746. The van der Waals surface area contributed by atoms with Crippen LogP contribution in [0.2, 0.25) is 0 Å². The van der Waals surface area contributed by atoms with Crippen LogP contribution in [0.15, 0.2) is 0 Å². The zero-order valence-electron chi connectivity index (χ0n) is 8.51. The van der Waals surface area contributed by atoms with Gasteiger partial charge in [0.25, 0.3) is 0 Å². The number of carbonyl (C=O) groups excluding carboxylic acids is 2. The van der Waals surface area contributed by atoms with Gasteiger partial charge in [0.05, 0.1) is 0 Å². The minimum absolute atomic E-state index is 0.0381. The number of hydrogen-bond donors (Lipinski definition) is 0. The summed E-state index contributed by atoms with van der Waals surface area (Å²) in [6.45, 7) is 3.98. The summed E-state index contributed by atoms with van der Waals surface area (Å²) in [6.07, 6.45) is 3.91. The average Bonchev–Trinajstić information content (AvgIpc) is 2.15. The first-order valence-electron chi connectivity index (χ1n) is 5.20. The van der Waals surface area contributed by atoms with Crippen LogP contribution in [0.1, 0.15) is 46.0 Å². The molecule has 0 N–H and O–H groups in total. The van der Waals surface area contributed by atoms with Crippen LogP contribution in [-0.2, 0) is 9.59 Å². The van der Waals surface area contributed by atoms with Crippen LogP contribution in [0.3, 0.4) is 0 Å². The van der Waals surface area contributed by atoms with Crippen LogP contribution in [0.5, 0.6) is 0 Å². The molecule has 0 spiro atoms. The van der Waals surface area contributed by atoms with Crippen molar-refractivity contribution in [3.05, 3.63) is 0 Å². The second-order valence-corrected chi connectivity index (χ2v) is 4.04. The van der Waals surface area contributed by atoms with Gasteiger partial charge in [0, 0.05) is 24.7 Å². The van der Waals surface area contributed by atoms with E-state index in [4.69, 9.17) is 0 Å². The van der Waals surface area contributed by atoms with Crippen molar-refractivity contribution in [1.82, 2.24) is 0 Å². The number of ketones is 2. The van der Waals surface area contributed by atoms with Gasteiger partial charge in [-0.2, -0.15) is 0 Å². The van der Waals surface area contributed by atoms with E-state index in [2.05, 4.69) is 0 Å². The van der Waals surface area contributed by atoms with Crippen molar-refractivity contribution >= 4 is 11.6 Å². The SMILES string of the molecule is CCC(C)C(=O)C1CCCC(=O)C1. The Labute approximate surface area is 79.7 Å². The molecule has 0 aromatic heterocycles. The van der Waals surface area contributed by atoms with Gasteiger partial charge in [0.2, 0.25) is 0 Å². The summed E-state index contributed by atoms with van der Waals surface area (Å²) >= 11 is 0. The van der Waals surface area contributed by atoms with Crippen LogP contribution in [0, 0.1) is 11.8 Å². The van der Waals surface area contributed by atoms with Gasteiger partial charge in [-0.15, -0.1) is 0 Å². The second kappa shape index (κ2) is 4.54. The monoisotopic (exact) mass is 182 g/mol. The molecule has 2 heteroatoms. The fourth-order valence-corrected chi connectivity index (χ4v) is 1.87. The molecule has 2 unspecified atom stereocenters. The van der Waals surface area contributed by atoms with Crippen LogP contribution in [0.25, 0.3) is 0 Å². The summed E-state index contributed by atoms with van der Waals surface area (Å²) < 4.78 is 0. The van der Waals surface area contributed by atoms with Gasteiger partial charge < -0.3 is 0 Å². The summed E-state index contributed by atoms with van der Waals surface area (Å²) in [7, 11) is 0. The van der Waals surface area contributed by atoms with Crippen molar-refractivity contribution in [2.24, 2.45) is 11.8 Å². The molecule has 1 rings (SSSR count). The number of Topliss-reactive ketones (excluding diaryl/α,β-unsaturated/α-hetero) is 2. The Balaban J connectivity index is 2.50. The quantitative estimate of drug-likeness (QED) is 0.671. The minimum atomic E-state index is 0.0381. The molecule has 0 radical (unpaired) electrons. The Hall–Kier alpha value is -0.660. The molecular weight excluding hydrogens is 164 g/mol. The molecule has 2 nitrogen and oxygen atoms in total. The second-order valence-electron chi connectivity index (χ2n) is 4.04. The van der Waals surface area contributed by atoms with E-state index in [1.807, 2.05) is 13.8 Å². The number of hydrogen-bond acceptors (Lipinski definition) is 2. The van der Waals surface area contributed by atoms with Gasteiger partial charge in [0.1, 0.15) is 11.6 Å². The summed E-state index contributed by atoms with van der Waals surface area (Å²) in [5.41, 5.74) is 0. The fraction of sp³-hybridized carbons (Fsp3) is 0.818. The Morgan fingerprint density at radius 1 is 1.62 bits per heavy atom. The Kier molecular flexibility index (Phi) is 3.64. The Morgan fingerprint density at radius 2 is 2.31 bits per heavy atom. The molecule has 2 atom stereocenters. The molecule has 1 aliphatic rings. The van der Waals surface area contributed by atoms with Crippen LogP contribution in [-0.4, -0.2) is 11.6 Å². The first kappa shape index (κ1) is 10.4. The maximum absolute atomic E-state index is 11.7. The van der Waals surface area contributed by atoms with E-state index >= 15 is 0 Å². The van der Waals surface area contributed by atoms with Crippen molar-refractivity contribution < 1.29 is 9.59 Å². The third kappa shape index (κ3) is 2.64. The first-order valence-corrected chi connectivity index (χ1v) is 5.20. The van der Waals surface area contributed by atoms with E-state index in [-0.39, 0.29) is 17.6 Å². The van der Waals surface area contributed by atoms with Crippen LogP contribution < -0.4 is 0 Å². The van der Waals surface area contributed by atoms with Gasteiger partial charge in [-0.3, -0.25) is 9.59 Å². The van der Waals surface area contributed by atoms with Crippen molar-refractivity contribution in [1.29, 1.82) is 0 Å². The molecule has 1 fully saturated rings. The Morgan fingerprint density at radius 3 is 2.85 bits per heavy atom. The molecule has 74 valence electrons. The molecule has 0 bridgehead atoms. The number of carbonyl (C=O) groups is 2. The lowest BCUT2D eigenvalue weighted by Crippen LogP contribution is -2.26. The molecule has 0 saturated heterocycles. The van der Waals surface area contributed by atoms with Crippen molar-refractivity contribution in [3.63, 3.8) is 0 Å². The highest BCUT2D eigenvalue weighted by atomic mass is 16.1. The van der Waals surface area contributed by atoms with E-state index in [9.17, 15) is 9.59 Å². The largest absolute Gasteiger partial charge is 0.300 e. The van der Waals surface area contributed by atoms with Gasteiger partial charge in [-0.1, -0.05) is 13.8 Å². The lowest BCUT2D eigenvalue weighted by atomic mass is 9.81. The van der Waals surface area contributed by atoms with Gasteiger partial charge in [0.15, 0.2) is 0 Å². The maximum atomic E-state index is 11.7. The molecule has 0 aromatic rings. The molecule has 0 heterocycles. The molecule has 0 amide bonds. The zero-order valence-corrected chi connectivity index (χ0v) is 8.51. The summed E-state index contributed by atoms with van der Waals surface area (Å²) in [5, 5.41) is 0. The van der Waals surface area contributed by atoms with E-state index in [1.54, 1.807) is 0 Å². The van der Waals surface area contributed by atoms with Gasteiger partial charge in [-0.25, -0.2) is 0 Å². The molecule has 13 heavy (non-hydrogen) atoms. The van der Waals surface area contributed by atoms with Gasteiger partial charge in [-0.05, 0) is 19.3 Å². The van der Waals surface area contributed by atoms with Gasteiger partial charge >= 0.3 is 0 Å². The number of rotatable bonds is 3. The van der Waals surface area contributed by atoms with Crippen molar-refractivity contribution in [3.8, 4) is 0 Å². The molecule has 1 aliphatic carbocycles. The summed E-state index contributed by atoms with van der Waals surface area (Å²) in [4.78, 5) is 22.9. The maximum Gasteiger partial charge on any atom is 0.139 e. The van der Waals surface area contributed by atoms with E-state index < -0.39 is 0 Å². The standard InChI is InChI=1S/C11H18O2/c1-3-8(2)11(13)9-5-4-6-10(12)7-9/h8-9H,3-7H2,1-2H3. The molecule has 1 saturated carbocycles. The highest BCUT2D eigenvalue weighted by molar-refractivity contribution is 5.90. The lowest BCUT2D eigenvalue weighted by molar-refractivity contribution is -0.132. The van der Waals surface area contributed by atoms with Crippen molar-refractivity contribution in [2.75, 3.05) is 0 Å². The highest BCUT2D eigenvalue weighted by Gasteiger charge is 2.27. The van der Waals surface area contributed by atoms with E-state index in [0.29, 0.717) is 18.6 Å². The Bertz CT molecular complexity index is 208. The van der Waals surface area contributed by atoms with E-state index in [0.717, 1.165) is 19.3 Å². The molecule has 0 aromatic carbocycles. The predicted octanol–water partition coefficient (Wildman–Crippen LogP) is 2.36. The average molecular weight is 182 g/mol. The van der Waals surface area contributed by atoms with E-state index in [1.165, 1.54) is 0 Å². The zero-order chi connectivity index (χ0) is 9.84. The van der Waals surface area contributed by atoms with Crippen molar-refractivity contribution in [2.45, 2.75) is 46.0 Å². The predicted molar refractivity (Wildman–Crippen MR) is 51.4 cm³/mol. The third-order valence-electron chi connectivity index (χ3n) is 2.98. The first-order chi connectivity index (χ1) is 6.15. The van der Waals surface area contributed by atoms with Crippen LogP contribution >= 0.6 is 0 Å². The topological polar surface area (TPSA) is 34.1 Å². The molecule has 0 aliphatic heterocycles. The highest BCUT2D eigenvalue weighted by Crippen LogP contribution is 2.25. The lowest BCUT2D eigenvalue weighted by Gasteiger charge is -2.21.